The lowest BCUT2D eigenvalue weighted by atomic mass is 10.2. The standard InChI is InChI=1S/C17H23NO7/c1-17(2,3)25-16(22)18-13(9-14(19)20)15(21)24-10-11-5-7-12(23-4)8-6-11/h5-8,13H,9-10H2,1-4H3,(H,18,22)(H,19,20)/t13-/m1/s1. The van der Waals surface area contributed by atoms with Crippen molar-refractivity contribution in [2.45, 2.75) is 45.4 Å². The van der Waals surface area contributed by atoms with E-state index in [-0.39, 0.29) is 6.61 Å². The summed E-state index contributed by atoms with van der Waals surface area (Å²) < 4.78 is 15.1. The zero-order valence-electron chi connectivity index (χ0n) is 14.7. The van der Waals surface area contributed by atoms with Gasteiger partial charge >= 0.3 is 18.0 Å². The second kappa shape index (κ2) is 8.91. The molecule has 0 bridgehead atoms. The Morgan fingerprint density at radius 1 is 1.16 bits per heavy atom. The van der Waals surface area contributed by atoms with Crippen molar-refractivity contribution in [1.82, 2.24) is 5.32 Å². The molecule has 1 rings (SSSR count). The largest absolute Gasteiger partial charge is 0.497 e. The normalized spacial score (nSPS) is 12.0. The number of aliphatic carboxylic acids is 1. The minimum atomic E-state index is -1.34. The van der Waals surface area contributed by atoms with Gasteiger partial charge in [-0.1, -0.05) is 12.1 Å². The summed E-state index contributed by atoms with van der Waals surface area (Å²) in [4.78, 5) is 34.8. The van der Waals surface area contributed by atoms with Gasteiger partial charge in [-0.15, -0.1) is 0 Å². The van der Waals surface area contributed by atoms with E-state index in [2.05, 4.69) is 5.32 Å². The Hall–Kier alpha value is -2.77. The van der Waals surface area contributed by atoms with Crippen LogP contribution in [0.25, 0.3) is 0 Å². The highest BCUT2D eigenvalue weighted by atomic mass is 16.6. The topological polar surface area (TPSA) is 111 Å². The van der Waals surface area contributed by atoms with E-state index in [1.54, 1.807) is 45.0 Å². The third-order valence-corrected chi connectivity index (χ3v) is 2.89. The van der Waals surface area contributed by atoms with Crippen molar-refractivity contribution in [3.8, 4) is 5.75 Å². The van der Waals surface area contributed by atoms with E-state index in [4.69, 9.17) is 19.3 Å². The molecule has 0 aliphatic rings. The van der Waals surface area contributed by atoms with E-state index in [1.807, 2.05) is 0 Å². The van der Waals surface area contributed by atoms with Crippen LogP contribution in [0.2, 0.25) is 0 Å². The number of carbonyl (C=O) groups excluding carboxylic acids is 2. The highest BCUT2D eigenvalue weighted by Gasteiger charge is 2.27. The first kappa shape index (κ1) is 20.3. The molecule has 0 spiro atoms. The SMILES string of the molecule is COc1ccc(COC(=O)[C@@H](CC(=O)O)NC(=O)OC(C)(C)C)cc1. The third-order valence-electron chi connectivity index (χ3n) is 2.89. The molecule has 1 aromatic rings. The molecule has 0 saturated carbocycles. The van der Waals surface area contributed by atoms with Gasteiger partial charge in [-0.05, 0) is 38.5 Å². The molecule has 25 heavy (non-hydrogen) atoms. The second-order valence-corrected chi connectivity index (χ2v) is 6.25. The van der Waals surface area contributed by atoms with Crippen molar-refractivity contribution in [2.75, 3.05) is 7.11 Å². The average Bonchev–Trinajstić information content (AvgIpc) is 2.50. The molecule has 0 unspecified atom stereocenters. The molecule has 8 nitrogen and oxygen atoms in total. The van der Waals surface area contributed by atoms with Crippen LogP contribution in [0.5, 0.6) is 5.75 Å². The number of hydrogen-bond acceptors (Lipinski definition) is 6. The fourth-order valence-corrected chi connectivity index (χ4v) is 1.79. The van der Waals surface area contributed by atoms with Crippen LogP contribution in [0.4, 0.5) is 4.79 Å². The molecule has 1 amide bonds. The summed E-state index contributed by atoms with van der Waals surface area (Å²) in [6.07, 6.45) is -1.50. The first-order valence-corrected chi connectivity index (χ1v) is 7.61. The number of esters is 1. The second-order valence-electron chi connectivity index (χ2n) is 6.25. The average molecular weight is 353 g/mol. The van der Waals surface area contributed by atoms with Crippen LogP contribution in [0.1, 0.15) is 32.8 Å². The summed E-state index contributed by atoms with van der Waals surface area (Å²) in [6, 6.07) is 5.48. The fraction of sp³-hybridized carbons (Fsp3) is 0.471. The van der Waals surface area contributed by atoms with Gasteiger partial charge in [-0.2, -0.15) is 0 Å². The van der Waals surface area contributed by atoms with Gasteiger partial charge in [-0.3, -0.25) is 4.79 Å². The van der Waals surface area contributed by atoms with Gasteiger partial charge in [0.25, 0.3) is 0 Å². The lowest BCUT2D eigenvalue weighted by molar-refractivity contribution is -0.151. The maximum absolute atomic E-state index is 12.1. The monoisotopic (exact) mass is 353 g/mol. The van der Waals surface area contributed by atoms with Gasteiger partial charge in [0.05, 0.1) is 13.5 Å². The highest BCUT2D eigenvalue weighted by Crippen LogP contribution is 2.13. The molecule has 2 N–H and O–H groups in total. The maximum Gasteiger partial charge on any atom is 0.408 e. The first-order valence-electron chi connectivity index (χ1n) is 7.61. The molecule has 0 fully saturated rings. The number of nitrogens with one attached hydrogen (secondary N) is 1. The number of alkyl carbamates (subject to hydrolysis) is 1. The fourth-order valence-electron chi connectivity index (χ4n) is 1.79. The molecule has 1 aromatic carbocycles. The van der Waals surface area contributed by atoms with Crippen LogP contribution in [0.15, 0.2) is 24.3 Å². The Morgan fingerprint density at radius 2 is 1.76 bits per heavy atom. The third kappa shape index (κ3) is 8.05. The van der Waals surface area contributed by atoms with E-state index in [0.717, 1.165) is 0 Å². The maximum atomic E-state index is 12.1. The zero-order chi connectivity index (χ0) is 19.0. The predicted octanol–water partition coefficient (Wildman–Crippen LogP) is 2.11. The lowest BCUT2D eigenvalue weighted by Gasteiger charge is -2.22. The van der Waals surface area contributed by atoms with E-state index < -0.39 is 36.1 Å². The van der Waals surface area contributed by atoms with Crippen molar-refractivity contribution in [3.05, 3.63) is 29.8 Å². The summed E-state index contributed by atoms with van der Waals surface area (Å²) in [5.41, 5.74) is -0.0781. The first-order chi connectivity index (χ1) is 11.6. The number of carboxylic acids is 1. The number of benzene rings is 1. The molecule has 0 heterocycles. The quantitative estimate of drug-likeness (QED) is 0.722. The molecule has 0 radical (unpaired) electrons. The smallest absolute Gasteiger partial charge is 0.408 e. The number of rotatable bonds is 7. The van der Waals surface area contributed by atoms with Crippen molar-refractivity contribution >= 4 is 18.0 Å². The molecule has 0 aliphatic heterocycles. The van der Waals surface area contributed by atoms with Crippen molar-refractivity contribution in [3.63, 3.8) is 0 Å². The molecule has 138 valence electrons. The van der Waals surface area contributed by atoms with Gasteiger partial charge in [0.1, 0.15) is 24.0 Å². The predicted molar refractivity (Wildman–Crippen MR) is 88.2 cm³/mol. The summed E-state index contributed by atoms with van der Waals surface area (Å²) in [5, 5.41) is 11.1. The van der Waals surface area contributed by atoms with Crippen molar-refractivity contribution in [1.29, 1.82) is 0 Å². The van der Waals surface area contributed by atoms with E-state index in [0.29, 0.717) is 11.3 Å². The minimum Gasteiger partial charge on any atom is -0.497 e. The van der Waals surface area contributed by atoms with Gasteiger partial charge in [0.15, 0.2) is 0 Å². The Labute approximate surface area is 146 Å². The number of hydrogen-bond donors (Lipinski definition) is 2. The zero-order valence-corrected chi connectivity index (χ0v) is 14.7. The lowest BCUT2D eigenvalue weighted by Crippen LogP contribution is -2.45. The number of carbonyl (C=O) groups is 3. The van der Waals surface area contributed by atoms with Gasteiger partial charge < -0.3 is 24.6 Å². The van der Waals surface area contributed by atoms with E-state index in [1.165, 1.54) is 7.11 Å². The molecule has 0 aromatic heterocycles. The van der Waals surface area contributed by atoms with Gasteiger partial charge in [0.2, 0.25) is 0 Å². The van der Waals surface area contributed by atoms with E-state index in [9.17, 15) is 14.4 Å². The number of carboxylic acid groups (broad SMARTS) is 1. The Bertz CT molecular complexity index is 604. The number of amides is 1. The van der Waals surface area contributed by atoms with Crippen LogP contribution in [-0.4, -0.2) is 41.9 Å². The molecule has 0 aliphatic carbocycles. The highest BCUT2D eigenvalue weighted by molar-refractivity contribution is 5.85. The summed E-state index contributed by atoms with van der Waals surface area (Å²) in [6.45, 7) is 4.90. The molecule has 0 saturated heterocycles. The molecular formula is C17H23NO7. The molecule has 8 heteroatoms. The molecule has 1 atom stereocenters. The number of methoxy groups -OCH3 is 1. The van der Waals surface area contributed by atoms with Crippen LogP contribution in [-0.2, 0) is 25.7 Å². The van der Waals surface area contributed by atoms with Gasteiger partial charge in [0, 0.05) is 0 Å². The van der Waals surface area contributed by atoms with E-state index >= 15 is 0 Å². The van der Waals surface area contributed by atoms with Crippen LogP contribution in [0.3, 0.4) is 0 Å². The summed E-state index contributed by atoms with van der Waals surface area (Å²) >= 11 is 0. The van der Waals surface area contributed by atoms with Crippen molar-refractivity contribution < 1.29 is 33.7 Å². The van der Waals surface area contributed by atoms with Crippen molar-refractivity contribution in [2.24, 2.45) is 0 Å². The van der Waals surface area contributed by atoms with Crippen LogP contribution >= 0.6 is 0 Å². The summed E-state index contributed by atoms with van der Waals surface area (Å²) in [5.74, 6) is -1.45. The molecular weight excluding hydrogens is 330 g/mol. The Morgan fingerprint density at radius 3 is 2.24 bits per heavy atom. The van der Waals surface area contributed by atoms with Crippen LogP contribution in [0, 0.1) is 0 Å². The van der Waals surface area contributed by atoms with Gasteiger partial charge in [-0.25, -0.2) is 9.59 Å². The Kier molecular flexibility index (Phi) is 7.22. The number of ether oxygens (including phenoxy) is 3. The van der Waals surface area contributed by atoms with Crippen LogP contribution < -0.4 is 10.1 Å². The minimum absolute atomic E-state index is 0.0606. The Balaban J connectivity index is 2.65. The summed E-state index contributed by atoms with van der Waals surface area (Å²) in [7, 11) is 1.54.